The van der Waals surface area contributed by atoms with Gasteiger partial charge in [-0.1, -0.05) is 0 Å². The summed E-state index contributed by atoms with van der Waals surface area (Å²) in [5.41, 5.74) is 6.02. The molecule has 0 aromatic heterocycles. The number of aryl methyl sites for hydroxylation is 1. The third-order valence-electron chi connectivity index (χ3n) is 11.3. The maximum absolute atomic E-state index is 14.1. The van der Waals surface area contributed by atoms with Gasteiger partial charge in [0.1, 0.15) is 41.1 Å². The fraction of sp³-hybridized carbons (Fsp3) is 0.386. The van der Waals surface area contributed by atoms with Crippen LogP contribution in [-0.4, -0.2) is 60.2 Å². The smallest absolute Gasteiger partial charge is 0.347 e. The highest BCUT2D eigenvalue weighted by Crippen LogP contribution is 2.43. The van der Waals surface area contributed by atoms with Crippen molar-refractivity contribution in [3.05, 3.63) is 106 Å². The van der Waals surface area contributed by atoms with Gasteiger partial charge < -0.3 is 33.9 Å². The zero-order valence-electron chi connectivity index (χ0n) is 33.8. The van der Waals surface area contributed by atoms with Gasteiger partial charge >= 0.3 is 23.9 Å². The molecule has 3 aromatic rings. The van der Waals surface area contributed by atoms with Crippen molar-refractivity contribution in [1.82, 2.24) is 0 Å². The average molecular weight is 848 g/mol. The molecule has 5 rings (SSSR count). The van der Waals surface area contributed by atoms with Crippen LogP contribution >= 0.6 is 15.9 Å². The zero-order valence-corrected chi connectivity index (χ0v) is 35.4. The maximum atomic E-state index is 14.1. The number of ketones is 1. The van der Waals surface area contributed by atoms with Gasteiger partial charge in [0.2, 0.25) is 0 Å². The van der Waals surface area contributed by atoms with Crippen molar-refractivity contribution in [2.75, 3.05) is 20.3 Å². The van der Waals surface area contributed by atoms with Crippen LogP contribution in [0.25, 0.3) is 0 Å². The Hall–Kier alpha value is -5.27. The van der Waals surface area contributed by atoms with Gasteiger partial charge in [0.15, 0.2) is 5.78 Å². The molecule has 12 nitrogen and oxygen atoms in total. The monoisotopic (exact) mass is 846 g/mol. The Labute approximate surface area is 339 Å². The number of esters is 3. The highest BCUT2D eigenvalue weighted by atomic mass is 79.9. The maximum Gasteiger partial charge on any atom is 0.347 e. The molecule has 0 bridgehead atoms. The number of phenolic OH excluding ortho intramolecular Hbond substituents is 1. The topological polar surface area (TPSA) is 172 Å². The minimum absolute atomic E-state index is 0.0955. The van der Waals surface area contributed by atoms with Crippen LogP contribution < -0.4 is 9.47 Å². The van der Waals surface area contributed by atoms with Crippen LogP contribution in [0.4, 0.5) is 0 Å². The van der Waals surface area contributed by atoms with Crippen molar-refractivity contribution >= 4 is 45.6 Å². The Morgan fingerprint density at radius 1 is 0.789 bits per heavy atom. The molecule has 13 heteroatoms. The van der Waals surface area contributed by atoms with Crippen LogP contribution in [0.5, 0.6) is 17.2 Å². The van der Waals surface area contributed by atoms with Gasteiger partial charge in [-0.3, -0.25) is 9.59 Å². The minimum atomic E-state index is -1.06. The molecule has 2 aliphatic rings. The number of carboxylic acid groups (broad SMARTS) is 1. The molecule has 302 valence electrons. The molecule has 1 unspecified atom stereocenters. The number of benzene rings is 3. The molecule has 1 atom stereocenters. The number of aromatic carboxylic acids is 1. The summed E-state index contributed by atoms with van der Waals surface area (Å²) in [6, 6.07) is 1.62. The standard InChI is InChI=1S/C44H47BrO12/c1-19-15-29(46)17-31(53-10)34(19)42(50)55-18-30-21(3)22(4)37(39(47)38(30)45)44(52)56-32-16-20(2)33(27(9)36(32)28-11-13-54-14-12-28)43(51)57-40-25(7)23(5)35(41(48)49)24(6)26(40)8/h15-17,28,34,47H,11-14,18H2,1-10H3,(H,48,49). The van der Waals surface area contributed by atoms with E-state index in [1.165, 1.54) is 19.3 Å². The number of hydrogen-bond donors (Lipinski definition) is 2. The van der Waals surface area contributed by atoms with Gasteiger partial charge in [-0.2, -0.15) is 0 Å². The lowest BCUT2D eigenvalue weighted by Crippen LogP contribution is -2.25. The fourth-order valence-corrected chi connectivity index (χ4v) is 8.44. The van der Waals surface area contributed by atoms with Crippen LogP contribution in [0, 0.1) is 61.3 Å². The number of hydrogen-bond acceptors (Lipinski definition) is 11. The van der Waals surface area contributed by atoms with Crippen molar-refractivity contribution in [2.45, 2.75) is 87.7 Å². The number of carbonyl (C=O) groups is 5. The van der Waals surface area contributed by atoms with Crippen molar-refractivity contribution in [3.63, 3.8) is 0 Å². The first-order valence-corrected chi connectivity index (χ1v) is 19.3. The van der Waals surface area contributed by atoms with Gasteiger partial charge in [0.05, 0.1) is 22.7 Å². The Bertz CT molecular complexity index is 2230. The quantitative estimate of drug-likeness (QED) is 0.148. The molecule has 1 fully saturated rings. The first-order chi connectivity index (χ1) is 26.8. The number of halogens is 1. The number of phenols is 1. The number of ether oxygens (including phenoxy) is 5. The van der Waals surface area contributed by atoms with E-state index in [0.717, 1.165) is 0 Å². The zero-order chi connectivity index (χ0) is 42.2. The van der Waals surface area contributed by atoms with Crippen LogP contribution in [0.1, 0.15) is 112 Å². The number of rotatable bonds is 10. The summed E-state index contributed by atoms with van der Waals surface area (Å²) in [6.07, 6.45) is 3.79. The highest BCUT2D eigenvalue weighted by Gasteiger charge is 2.34. The molecule has 3 aromatic carbocycles. The van der Waals surface area contributed by atoms with E-state index in [0.29, 0.717) is 98.6 Å². The molecule has 1 aliphatic heterocycles. The molecule has 1 saturated heterocycles. The number of aromatic hydroxyl groups is 1. The van der Waals surface area contributed by atoms with Crippen LogP contribution in [-0.2, 0) is 30.4 Å². The summed E-state index contributed by atoms with van der Waals surface area (Å²) in [6.45, 7) is 16.0. The minimum Gasteiger partial charge on any atom is -0.506 e. The van der Waals surface area contributed by atoms with E-state index in [-0.39, 0.29) is 45.4 Å². The molecule has 2 N–H and O–H groups in total. The number of methoxy groups -OCH3 is 1. The summed E-state index contributed by atoms with van der Waals surface area (Å²) >= 11 is 3.41. The largest absolute Gasteiger partial charge is 0.506 e. The number of allylic oxidation sites excluding steroid dienone is 2. The summed E-state index contributed by atoms with van der Waals surface area (Å²) < 4.78 is 28.9. The molecule has 1 aliphatic carbocycles. The van der Waals surface area contributed by atoms with E-state index in [1.54, 1.807) is 68.4 Å². The van der Waals surface area contributed by atoms with Crippen LogP contribution in [0.15, 0.2) is 34.0 Å². The van der Waals surface area contributed by atoms with Gasteiger partial charge in [0, 0.05) is 30.4 Å². The van der Waals surface area contributed by atoms with Crippen molar-refractivity contribution < 1.29 is 57.9 Å². The summed E-state index contributed by atoms with van der Waals surface area (Å²) in [4.78, 5) is 65.3. The Kier molecular flexibility index (Phi) is 12.8. The molecular formula is C44H47BrO12. The lowest BCUT2D eigenvalue weighted by atomic mass is 9.84. The van der Waals surface area contributed by atoms with E-state index < -0.39 is 35.5 Å². The van der Waals surface area contributed by atoms with Crippen LogP contribution in [0.2, 0.25) is 0 Å². The van der Waals surface area contributed by atoms with Crippen molar-refractivity contribution in [1.29, 1.82) is 0 Å². The third kappa shape index (κ3) is 8.13. The average Bonchev–Trinajstić information content (AvgIpc) is 3.14. The van der Waals surface area contributed by atoms with Crippen LogP contribution in [0.3, 0.4) is 0 Å². The normalized spacial score (nSPS) is 15.8. The first kappa shape index (κ1) is 42.9. The molecule has 1 heterocycles. The Balaban J connectivity index is 1.49. The van der Waals surface area contributed by atoms with E-state index >= 15 is 0 Å². The Morgan fingerprint density at radius 2 is 1.37 bits per heavy atom. The van der Waals surface area contributed by atoms with Gasteiger partial charge in [0.25, 0.3) is 0 Å². The summed E-state index contributed by atoms with van der Waals surface area (Å²) in [5, 5.41) is 21.3. The lowest BCUT2D eigenvalue weighted by Gasteiger charge is -2.28. The first-order valence-electron chi connectivity index (χ1n) is 18.5. The number of carboxylic acids is 1. The van der Waals surface area contributed by atoms with E-state index in [1.807, 2.05) is 0 Å². The molecule has 57 heavy (non-hydrogen) atoms. The lowest BCUT2D eigenvalue weighted by molar-refractivity contribution is -0.148. The highest BCUT2D eigenvalue weighted by molar-refractivity contribution is 9.10. The molecular weight excluding hydrogens is 800 g/mol. The third-order valence-corrected chi connectivity index (χ3v) is 12.2. The Morgan fingerprint density at radius 3 is 1.95 bits per heavy atom. The SMILES string of the molecule is COC1=CC(=O)C=C(C)C1C(=O)OCc1c(C)c(C)c(C(=O)Oc2cc(C)c(C(=O)Oc3c(C)c(C)c(C(=O)O)c(C)c3C)c(C)c2C2CCOCC2)c(O)c1Br. The summed E-state index contributed by atoms with van der Waals surface area (Å²) in [7, 11) is 1.37. The van der Waals surface area contributed by atoms with Crippen molar-refractivity contribution in [2.24, 2.45) is 5.92 Å². The van der Waals surface area contributed by atoms with Gasteiger partial charge in [-0.25, -0.2) is 14.4 Å². The molecule has 0 amide bonds. The summed E-state index contributed by atoms with van der Waals surface area (Å²) in [5.74, 6) is -4.24. The van der Waals surface area contributed by atoms with E-state index in [4.69, 9.17) is 23.7 Å². The predicted molar refractivity (Wildman–Crippen MR) is 213 cm³/mol. The van der Waals surface area contributed by atoms with E-state index in [2.05, 4.69) is 15.9 Å². The second-order valence-electron chi connectivity index (χ2n) is 14.6. The second-order valence-corrected chi connectivity index (χ2v) is 15.4. The predicted octanol–water partition coefficient (Wildman–Crippen LogP) is 8.37. The molecule has 0 spiro atoms. The van der Waals surface area contributed by atoms with Gasteiger partial charge in [-0.05, 0) is 159 Å². The van der Waals surface area contributed by atoms with Crippen molar-refractivity contribution in [3.8, 4) is 17.2 Å². The van der Waals surface area contributed by atoms with E-state index in [9.17, 15) is 34.2 Å². The number of carbonyl (C=O) groups excluding carboxylic acids is 4. The molecule has 0 radical (unpaired) electrons. The molecule has 0 saturated carbocycles. The second kappa shape index (κ2) is 17.1. The van der Waals surface area contributed by atoms with Gasteiger partial charge in [-0.15, -0.1) is 0 Å². The fourth-order valence-electron chi connectivity index (χ4n) is 7.83.